The molecule has 1 unspecified atom stereocenters. The minimum absolute atomic E-state index is 0.138. The van der Waals surface area contributed by atoms with E-state index in [0.29, 0.717) is 11.9 Å². The molecule has 2 fully saturated rings. The van der Waals surface area contributed by atoms with Gasteiger partial charge in [0.15, 0.2) is 0 Å². The molecule has 0 aromatic carbocycles. The number of hydrogen-bond acceptors (Lipinski definition) is 3. The van der Waals surface area contributed by atoms with Crippen LogP contribution in [0.4, 0.5) is 0 Å². The van der Waals surface area contributed by atoms with Gasteiger partial charge in [-0.3, -0.25) is 9.69 Å². The van der Waals surface area contributed by atoms with Gasteiger partial charge in [-0.25, -0.2) is 0 Å². The Hall–Kier alpha value is -0.610. The van der Waals surface area contributed by atoms with E-state index in [1.165, 1.54) is 12.8 Å². The monoisotopic (exact) mass is 239 g/mol. The van der Waals surface area contributed by atoms with Gasteiger partial charge in [0, 0.05) is 51.2 Å². The number of piperazine rings is 1. The topological polar surface area (TPSA) is 35.6 Å². The van der Waals surface area contributed by atoms with Crippen LogP contribution in [0.1, 0.15) is 26.7 Å². The summed E-state index contributed by atoms with van der Waals surface area (Å²) in [6.45, 7) is 10.5. The van der Waals surface area contributed by atoms with Gasteiger partial charge in [-0.15, -0.1) is 0 Å². The molecule has 2 aliphatic heterocycles. The molecule has 17 heavy (non-hydrogen) atoms. The van der Waals surface area contributed by atoms with Crippen molar-refractivity contribution in [2.24, 2.45) is 5.92 Å². The quantitative estimate of drug-likeness (QED) is 0.781. The minimum Gasteiger partial charge on any atom is -0.338 e. The fourth-order valence-electron chi connectivity index (χ4n) is 2.84. The molecule has 1 N–H and O–H groups in total. The smallest absolute Gasteiger partial charge is 0.225 e. The summed E-state index contributed by atoms with van der Waals surface area (Å²) in [5.74, 6) is 0.473. The largest absolute Gasteiger partial charge is 0.338 e. The van der Waals surface area contributed by atoms with Crippen molar-refractivity contribution in [3.8, 4) is 0 Å². The van der Waals surface area contributed by atoms with Crippen LogP contribution < -0.4 is 5.32 Å². The fraction of sp³-hybridized carbons (Fsp3) is 0.923. The van der Waals surface area contributed by atoms with E-state index in [-0.39, 0.29) is 5.92 Å². The molecule has 2 saturated heterocycles. The molecule has 2 heterocycles. The van der Waals surface area contributed by atoms with E-state index in [1.54, 1.807) is 0 Å². The van der Waals surface area contributed by atoms with Gasteiger partial charge in [-0.1, -0.05) is 13.8 Å². The highest BCUT2D eigenvalue weighted by atomic mass is 16.2. The zero-order valence-electron chi connectivity index (χ0n) is 11.1. The zero-order chi connectivity index (χ0) is 12.3. The molecule has 0 aliphatic carbocycles. The molecule has 98 valence electrons. The molecule has 0 bridgehead atoms. The Morgan fingerprint density at radius 3 is 2.65 bits per heavy atom. The first kappa shape index (κ1) is 12.8. The second-order valence-corrected chi connectivity index (χ2v) is 5.53. The molecule has 0 radical (unpaired) electrons. The van der Waals surface area contributed by atoms with Crippen LogP contribution in [0, 0.1) is 5.92 Å². The van der Waals surface area contributed by atoms with E-state index >= 15 is 0 Å². The Morgan fingerprint density at radius 1 is 1.29 bits per heavy atom. The molecule has 1 atom stereocenters. The third-order valence-electron chi connectivity index (χ3n) is 3.83. The van der Waals surface area contributed by atoms with Crippen LogP contribution in [0.2, 0.25) is 0 Å². The van der Waals surface area contributed by atoms with Crippen molar-refractivity contribution in [2.45, 2.75) is 32.7 Å². The lowest BCUT2D eigenvalue weighted by atomic mass is 10.1. The number of nitrogens with zero attached hydrogens (tertiary/aromatic N) is 2. The molecular weight excluding hydrogens is 214 g/mol. The first-order valence-electron chi connectivity index (χ1n) is 6.92. The predicted molar refractivity (Wildman–Crippen MR) is 68.9 cm³/mol. The van der Waals surface area contributed by atoms with E-state index in [2.05, 4.69) is 15.1 Å². The number of hydrogen-bond donors (Lipinski definition) is 1. The molecular formula is C13H25N3O. The molecule has 0 spiro atoms. The number of carbonyl (C=O) groups excluding carboxylic acids is 1. The normalized spacial score (nSPS) is 26.8. The maximum Gasteiger partial charge on any atom is 0.225 e. The Labute approximate surface area is 104 Å². The van der Waals surface area contributed by atoms with E-state index in [4.69, 9.17) is 0 Å². The van der Waals surface area contributed by atoms with Gasteiger partial charge in [-0.2, -0.15) is 0 Å². The van der Waals surface area contributed by atoms with Gasteiger partial charge in [0.2, 0.25) is 5.91 Å². The maximum absolute atomic E-state index is 12.1. The van der Waals surface area contributed by atoms with Crippen LogP contribution in [0.25, 0.3) is 0 Å². The number of nitrogens with one attached hydrogen (secondary N) is 1. The van der Waals surface area contributed by atoms with Crippen molar-refractivity contribution < 1.29 is 4.79 Å². The minimum atomic E-state index is 0.138. The van der Waals surface area contributed by atoms with Crippen molar-refractivity contribution in [1.29, 1.82) is 0 Å². The van der Waals surface area contributed by atoms with Gasteiger partial charge in [0.25, 0.3) is 0 Å². The number of amides is 1. The summed E-state index contributed by atoms with van der Waals surface area (Å²) in [5, 5.41) is 3.37. The molecule has 4 heteroatoms. The Bertz CT molecular complexity index is 261. The van der Waals surface area contributed by atoms with Crippen LogP contribution in [-0.4, -0.2) is 61.0 Å². The van der Waals surface area contributed by atoms with Crippen LogP contribution in [0.5, 0.6) is 0 Å². The van der Waals surface area contributed by atoms with E-state index in [9.17, 15) is 4.79 Å². The van der Waals surface area contributed by atoms with Crippen LogP contribution in [-0.2, 0) is 4.79 Å². The molecule has 4 nitrogen and oxygen atoms in total. The first-order chi connectivity index (χ1) is 8.18. The lowest BCUT2D eigenvalue weighted by molar-refractivity contribution is -0.135. The molecule has 2 aliphatic rings. The van der Waals surface area contributed by atoms with Crippen molar-refractivity contribution in [2.75, 3.05) is 39.3 Å². The summed E-state index contributed by atoms with van der Waals surface area (Å²) >= 11 is 0. The SMILES string of the molecule is CC(C)C(=O)N1CCCC1CN1CCNCC1. The Balaban J connectivity index is 1.88. The summed E-state index contributed by atoms with van der Waals surface area (Å²) in [4.78, 5) is 16.7. The third kappa shape index (κ3) is 3.19. The van der Waals surface area contributed by atoms with Crippen molar-refractivity contribution in [3.05, 3.63) is 0 Å². The summed E-state index contributed by atoms with van der Waals surface area (Å²) in [5.41, 5.74) is 0. The summed E-state index contributed by atoms with van der Waals surface area (Å²) in [6.07, 6.45) is 2.36. The first-order valence-corrected chi connectivity index (χ1v) is 6.92. The lowest BCUT2D eigenvalue weighted by Crippen LogP contribution is -2.50. The van der Waals surface area contributed by atoms with Crippen LogP contribution >= 0.6 is 0 Å². The summed E-state index contributed by atoms with van der Waals surface area (Å²) in [6, 6.07) is 0.461. The van der Waals surface area contributed by atoms with Crippen molar-refractivity contribution in [1.82, 2.24) is 15.1 Å². The number of carbonyl (C=O) groups is 1. The molecule has 0 aromatic heterocycles. The lowest BCUT2D eigenvalue weighted by Gasteiger charge is -2.33. The maximum atomic E-state index is 12.1. The van der Waals surface area contributed by atoms with E-state index < -0.39 is 0 Å². The highest BCUT2D eigenvalue weighted by molar-refractivity contribution is 5.78. The third-order valence-corrected chi connectivity index (χ3v) is 3.83. The average Bonchev–Trinajstić information content (AvgIpc) is 2.77. The van der Waals surface area contributed by atoms with Gasteiger partial charge >= 0.3 is 0 Å². The Morgan fingerprint density at radius 2 is 2.00 bits per heavy atom. The van der Waals surface area contributed by atoms with Crippen LogP contribution in [0.15, 0.2) is 0 Å². The fourth-order valence-corrected chi connectivity index (χ4v) is 2.84. The Kier molecular flexibility index (Phi) is 4.40. The second-order valence-electron chi connectivity index (χ2n) is 5.53. The predicted octanol–water partition coefficient (Wildman–Crippen LogP) is 0.539. The van der Waals surface area contributed by atoms with E-state index in [0.717, 1.165) is 39.3 Å². The molecule has 1 amide bonds. The molecule has 0 saturated carbocycles. The highest BCUT2D eigenvalue weighted by Gasteiger charge is 2.31. The van der Waals surface area contributed by atoms with Crippen LogP contribution in [0.3, 0.4) is 0 Å². The average molecular weight is 239 g/mol. The number of rotatable bonds is 3. The van der Waals surface area contributed by atoms with Gasteiger partial charge < -0.3 is 10.2 Å². The van der Waals surface area contributed by atoms with Gasteiger partial charge in [0.05, 0.1) is 0 Å². The van der Waals surface area contributed by atoms with Crippen molar-refractivity contribution >= 4 is 5.91 Å². The summed E-state index contributed by atoms with van der Waals surface area (Å²) in [7, 11) is 0. The van der Waals surface area contributed by atoms with Crippen molar-refractivity contribution in [3.63, 3.8) is 0 Å². The standard InChI is InChI=1S/C13H25N3O/c1-11(2)13(17)16-7-3-4-12(16)10-15-8-5-14-6-9-15/h11-12,14H,3-10H2,1-2H3. The zero-order valence-corrected chi connectivity index (χ0v) is 11.1. The summed E-state index contributed by atoms with van der Waals surface area (Å²) < 4.78 is 0. The molecule has 0 aromatic rings. The molecule has 2 rings (SSSR count). The van der Waals surface area contributed by atoms with E-state index in [1.807, 2.05) is 13.8 Å². The second kappa shape index (κ2) is 5.83. The highest BCUT2D eigenvalue weighted by Crippen LogP contribution is 2.20. The number of likely N-dealkylation sites (tertiary alicyclic amines) is 1. The van der Waals surface area contributed by atoms with Gasteiger partial charge in [0.1, 0.15) is 0 Å². The van der Waals surface area contributed by atoms with Gasteiger partial charge in [-0.05, 0) is 12.8 Å².